The van der Waals surface area contributed by atoms with Crippen molar-refractivity contribution in [2.75, 3.05) is 56.7 Å². The van der Waals surface area contributed by atoms with Crippen LogP contribution in [0.25, 0.3) is 11.0 Å². The summed E-state index contributed by atoms with van der Waals surface area (Å²) in [5.41, 5.74) is 2.40. The molecule has 2 amide bonds. The van der Waals surface area contributed by atoms with Crippen LogP contribution in [0.3, 0.4) is 0 Å². The maximum Gasteiger partial charge on any atom is 0.414 e. The Morgan fingerprint density at radius 3 is 2.95 bits per heavy atom. The van der Waals surface area contributed by atoms with Gasteiger partial charge in [-0.05, 0) is 43.7 Å². The lowest BCUT2D eigenvalue weighted by Crippen LogP contribution is -2.41. The molecule has 2 atom stereocenters. The molecule has 212 valence electrons. The number of ether oxygens (including phenoxy) is 3. The van der Waals surface area contributed by atoms with Crippen LogP contribution in [-0.4, -0.2) is 95.8 Å². The van der Waals surface area contributed by atoms with E-state index in [0.717, 1.165) is 0 Å². The Balaban J connectivity index is 1.25. The molecular formula is C27H30FN5O7. The van der Waals surface area contributed by atoms with Gasteiger partial charge in [-0.25, -0.2) is 14.2 Å². The van der Waals surface area contributed by atoms with Gasteiger partial charge in [0.25, 0.3) is 5.91 Å². The number of rotatable bonds is 11. The molecule has 2 unspecified atom stereocenters. The van der Waals surface area contributed by atoms with Gasteiger partial charge in [0.2, 0.25) is 5.88 Å². The Morgan fingerprint density at radius 2 is 2.15 bits per heavy atom. The van der Waals surface area contributed by atoms with Crippen molar-refractivity contribution in [2.45, 2.75) is 25.0 Å². The normalized spacial score (nSPS) is 17.4. The van der Waals surface area contributed by atoms with Gasteiger partial charge in [0.1, 0.15) is 17.7 Å². The third-order valence-electron chi connectivity index (χ3n) is 6.77. The fraction of sp³-hybridized carbons (Fsp3) is 0.407. The number of benzene rings is 1. The minimum Gasteiger partial charge on any atom is -0.482 e. The molecule has 13 heteroatoms. The largest absolute Gasteiger partial charge is 0.482 e. The Kier molecular flexibility index (Phi) is 8.24. The number of amides is 2. The lowest BCUT2D eigenvalue weighted by Gasteiger charge is -2.26. The van der Waals surface area contributed by atoms with Crippen LogP contribution < -0.4 is 19.7 Å². The topological polar surface area (TPSA) is 147 Å². The number of cyclic esters (lactones) is 1. The third-order valence-corrected chi connectivity index (χ3v) is 6.77. The van der Waals surface area contributed by atoms with Crippen LogP contribution in [0.4, 0.5) is 20.6 Å². The molecule has 1 fully saturated rings. The molecule has 5 rings (SSSR count). The Labute approximate surface area is 229 Å². The number of anilines is 2. The van der Waals surface area contributed by atoms with Crippen molar-refractivity contribution in [1.82, 2.24) is 14.9 Å². The molecule has 2 aliphatic heterocycles. The van der Waals surface area contributed by atoms with Crippen LogP contribution in [0.2, 0.25) is 0 Å². The number of halogens is 1. The number of aliphatic hydroxyl groups excluding tert-OH is 2. The minimum absolute atomic E-state index is 0.0650. The Hall–Kier alpha value is -4.07. The first-order chi connectivity index (χ1) is 19.3. The van der Waals surface area contributed by atoms with E-state index < -0.39 is 30.7 Å². The number of fused-ring (bicyclic) bond motifs is 2. The van der Waals surface area contributed by atoms with Crippen LogP contribution in [0.1, 0.15) is 12.0 Å². The number of methoxy groups -OCH3 is 1. The molecule has 2 aromatic heterocycles. The fourth-order valence-electron chi connectivity index (χ4n) is 4.88. The molecule has 2 aliphatic rings. The number of carbonyl (C=O) groups excluding carboxylic acids is 2. The molecule has 1 aromatic carbocycles. The van der Waals surface area contributed by atoms with E-state index in [2.05, 4.69) is 15.3 Å². The van der Waals surface area contributed by atoms with E-state index in [1.165, 1.54) is 18.2 Å². The molecule has 3 N–H and O–H groups in total. The predicted molar refractivity (Wildman–Crippen MR) is 142 cm³/mol. The van der Waals surface area contributed by atoms with Crippen molar-refractivity contribution in [3.8, 4) is 11.6 Å². The van der Waals surface area contributed by atoms with Crippen molar-refractivity contribution >= 4 is 34.4 Å². The second-order valence-corrected chi connectivity index (χ2v) is 9.64. The molecule has 1 saturated heterocycles. The summed E-state index contributed by atoms with van der Waals surface area (Å²) >= 11 is 0. The van der Waals surface area contributed by atoms with Gasteiger partial charge in [-0.2, -0.15) is 0 Å². The third kappa shape index (κ3) is 6.06. The first-order valence-corrected chi connectivity index (χ1v) is 12.9. The average Bonchev–Trinajstić information content (AvgIpc) is 3.32. The highest BCUT2D eigenvalue weighted by atomic mass is 19.1. The standard InChI is InChI=1S/C27H30FN5O7/c1-38-25-7-5-21-26(31-25)19(20(28)10-29-21)3-2-8-32(11-17(35)14-34)12-18-13-33(27(37)40-18)16-4-6-23-22(9-16)30-24(36)15-39-23/h4-7,9-10,17-18,34-35H,2-3,8,11-15H2,1H3,(H,30,36). The summed E-state index contributed by atoms with van der Waals surface area (Å²) in [4.78, 5) is 36.2. The van der Waals surface area contributed by atoms with Crippen LogP contribution >= 0.6 is 0 Å². The first-order valence-electron chi connectivity index (χ1n) is 12.9. The monoisotopic (exact) mass is 555 g/mol. The van der Waals surface area contributed by atoms with Gasteiger partial charge in [0.05, 0.1) is 49.3 Å². The van der Waals surface area contributed by atoms with Crippen molar-refractivity contribution < 1.29 is 38.4 Å². The zero-order valence-corrected chi connectivity index (χ0v) is 21.9. The van der Waals surface area contributed by atoms with Crippen LogP contribution in [0.5, 0.6) is 11.6 Å². The zero-order valence-electron chi connectivity index (χ0n) is 21.9. The van der Waals surface area contributed by atoms with Gasteiger partial charge >= 0.3 is 6.09 Å². The molecule has 3 aromatic rings. The Morgan fingerprint density at radius 1 is 1.30 bits per heavy atom. The van der Waals surface area contributed by atoms with E-state index in [0.29, 0.717) is 59.0 Å². The van der Waals surface area contributed by atoms with Crippen LogP contribution in [-0.2, 0) is 16.0 Å². The van der Waals surface area contributed by atoms with Crippen LogP contribution in [0, 0.1) is 5.82 Å². The molecule has 40 heavy (non-hydrogen) atoms. The summed E-state index contributed by atoms with van der Waals surface area (Å²) in [7, 11) is 1.49. The fourth-order valence-corrected chi connectivity index (χ4v) is 4.88. The Bertz CT molecular complexity index is 1410. The van der Waals surface area contributed by atoms with Crippen molar-refractivity contribution in [2.24, 2.45) is 0 Å². The second-order valence-electron chi connectivity index (χ2n) is 9.64. The van der Waals surface area contributed by atoms with Gasteiger partial charge < -0.3 is 29.7 Å². The van der Waals surface area contributed by atoms with Gasteiger partial charge in [-0.1, -0.05) is 0 Å². The molecular weight excluding hydrogens is 525 g/mol. The van der Waals surface area contributed by atoms with E-state index in [4.69, 9.17) is 14.2 Å². The summed E-state index contributed by atoms with van der Waals surface area (Å²) in [6.07, 6.45) is -0.0464. The van der Waals surface area contributed by atoms with Crippen molar-refractivity contribution in [3.05, 3.63) is 47.9 Å². The number of nitrogens with zero attached hydrogens (tertiary/aromatic N) is 4. The maximum atomic E-state index is 14.7. The van der Waals surface area contributed by atoms with Crippen molar-refractivity contribution in [3.63, 3.8) is 0 Å². The van der Waals surface area contributed by atoms with Gasteiger partial charge in [-0.3, -0.25) is 19.6 Å². The molecule has 0 saturated carbocycles. The number of aryl methyl sites for hydroxylation is 1. The SMILES string of the molecule is COc1ccc2ncc(F)c(CCCN(CC(O)CO)CC3CN(c4ccc5c(c4)NC(=O)CO5)C(=O)O3)c2n1. The molecule has 0 spiro atoms. The summed E-state index contributed by atoms with van der Waals surface area (Å²) in [6, 6.07) is 8.43. The highest BCUT2D eigenvalue weighted by Gasteiger charge is 2.34. The van der Waals surface area contributed by atoms with E-state index in [-0.39, 0.29) is 32.1 Å². The molecule has 0 radical (unpaired) electrons. The number of hydrogen-bond donors (Lipinski definition) is 3. The highest BCUT2D eigenvalue weighted by molar-refractivity contribution is 5.97. The second kappa shape index (κ2) is 12.0. The highest BCUT2D eigenvalue weighted by Crippen LogP contribution is 2.33. The smallest absolute Gasteiger partial charge is 0.414 e. The number of pyridine rings is 2. The lowest BCUT2D eigenvalue weighted by atomic mass is 10.1. The summed E-state index contributed by atoms with van der Waals surface area (Å²) in [5.74, 6) is 0.125. The van der Waals surface area contributed by atoms with Crippen molar-refractivity contribution in [1.29, 1.82) is 0 Å². The molecule has 4 heterocycles. The number of hydrogen-bond acceptors (Lipinski definition) is 10. The maximum absolute atomic E-state index is 14.7. The number of aliphatic hydroxyl groups is 2. The minimum atomic E-state index is -0.998. The summed E-state index contributed by atoms with van der Waals surface area (Å²) in [5, 5.41) is 22.3. The lowest BCUT2D eigenvalue weighted by molar-refractivity contribution is -0.118. The number of aromatic nitrogens is 2. The number of nitrogens with one attached hydrogen (secondary N) is 1. The van der Waals surface area contributed by atoms with E-state index in [1.807, 2.05) is 4.90 Å². The molecule has 12 nitrogen and oxygen atoms in total. The predicted octanol–water partition coefficient (Wildman–Crippen LogP) is 1.72. The summed E-state index contributed by atoms with van der Waals surface area (Å²) in [6.45, 7) is 0.605. The summed E-state index contributed by atoms with van der Waals surface area (Å²) < 4.78 is 30.9. The van der Waals surface area contributed by atoms with Gasteiger partial charge in [0.15, 0.2) is 6.61 Å². The molecule has 0 bridgehead atoms. The van der Waals surface area contributed by atoms with E-state index >= 15 is 0 Å². The zero-order chi connectivity index (χ0) is 28.2. The van der Waals surface area contributed by atoms with E-state index in [9.17, 15) is 24.2 Å². The quantitative estimate of drug-likeness (QED) is 0.320. The molecule has 0 aliphatic carbocycles. The van der Waals surface area contributed by atoms with Gasteiger partial charge in [0, 0.05) is 30.4 Å². The van der Waals surface area contributed by atoms with Crippen LogP contribution in [0.15, 0.2) is 36.5 Å². The van der Waals surface area contributed by atoms with E-state index in [1.54, 1.807) is 30.3 Å². The average molecular weight is 556 g/mol. The number of carbonyl (C=O) groups is 2. The van der Waals surface area contributed by atoms with Gasteiger partial charge in [-0.15, -0.1) is 0 Å². The first kappa shape index (κ1) is 27.5.